The van der Waals surface area contributed by atoms with Gasteiger partial charge in [-0.15, -0.1) is 0 Å². The van der Waals surface area contributed by atoms with Crippen LogP contribution in [0.3, 0.4) is 0 Å². The summed E-state index contributed by atoms with van der Waals surface area (Å²) in [4.78, 5) is 0. The van der Waals surface area contributed by atoms with E-state index in [0.717, 1.165) is 0 Å². The molecule has 0 aromatic heterocycles. The van der Waals surface area contributed by atoms with Crippen molar-refractivity contribution in [2.75, 3.05) is 0 Å². The Balaban J connectivity index is 2.34. The molecule has 0 spiro atoms. The number of rotatable bonds is 1. The van der Waals surface area contributed by atoms with Crippen LogP contribution in [-0.4, -0.2) is 6.04 Å². The fraction of sp³-hybridized carbons (Fsp3) is 0.455. The third-order valence-electron chi connectivity index (χ3n) is 3.15. The molecule has 2 atom stereocenters. The zero-order valence-corrected chi connectivity index (χ0v) is 9.51. The van der Waals surface area contributed by atoms with Crippen LogP contribution < -0.4 is 5.73 Å². The molecule has 2 unspecified atom stereocenters. The second-order valence-corrected chi connectivity index (χ2v) is 5.20. The fourth-order valence-corrected chi connectivity index (χ4v) is 2.53. The average molecular weight is 240 g/mol. The Hall–Kier alpha value is -0.340. The maximum atomic E-state index is 6.02. The molecule has 2 N–H and O–H groups in total. The van der Waals surface area contributed by atoms with Crippen LogP contribution in [-0.2, 0) is 0 Å². The van der Waals surface area contributed by atoms with Crippen molar-refractivity contribution in [1.82, 2.24) is 0 Å². The lowest BCUT2D eigenvalue weighted by Crippen LogP contribution is -2.06. The molecule has 70 valence electrons. The number of hydrogen-bond acceptors (Lipinski definition) is 1. The Morgan fingerprint density at radius 2 is 1.85 bits per heavy atom. The zero-order valence-electron chi connectivity index (χ0n) is 7.92. The number of hydrogen-bond donors (Lipinski definition) is 1. The van der Waals surface area contributed by atoms with Gasteiger partial charge in [0.2, 0.25) is 0 Å². The SMILES string of the molecule is CC1(C)C(N)C1c1ccccc1Br. The number of halogens is 1. The first kappa shape index (κ1) is 9.22. The van der Waals surface area contributed by atoms with Crippen LogP contribution in [0.25, 0.3) is 0 Å². The monoisotopic (exact) mass is 239 g/mol. The van der Waals surface area contributed by atoms with E-state index in [9.17, 15) is 0 Å². The maximum Gasteiger partial charge on any atom is 0.0210 e. The minimum Gasteiger partial charge on any atom is -0.327 e. The van der Waals surface area contributed by atoms with E-state index >= 15 is 0 Å². The Morgan fingerprint density at radius 1 is 1.31 bits per heavy atom. The molecular formula is C11H14BrN. The summed E-state index contributed by atoms with van der Waals surface area (Å²) in [6.07, 6.45) is 0. The highest BCUT2D eigenvalue weighted by Gasteiger charge is 2.56. The summed E-state index contributed by atoms with van der Waals surface area (Å²) in [5, 5.41) is 0. The largest absolute Gasteiger partial charge is 0.327 e. The van der Waals surface area contributed by atoms with Crippen molar-refractivity contribution in [2.45, 2.75) is 25.8 Å². The van der Waals surface area contributed by atoms with Crippen LogP contribution in [0.15, 0.2) is 28.7 Å². The van der Waals surface area contributed by atoms with Crippen LogP contribution in [0, 0.1) is 5.41 Å². The van der Waals surface area contributed by atoms with E-state index < -0.39 is 0 Å². The molecule has 1 aliphatic carbocycles. The third-order valence-corrected chi connectivity index (χ3v) is 3.87. The van der Waals surface area contributed by atoms with Crippen molar-refractivity contribution in [3.63, 3.8) is 0 Å². The maximum absolute atomic E-state index is 6.02. The third kappa shape index (κ3) is 1.32. The van der Waals surface area contributed by atoms with Crippen LogP contribution >= 0.6 is 15.9 Å². The Bertz CT molecular complexity index is 333. The van der Waals surface area contributed by atoms with Gasteiger partial charge in [0.05, 0.1) is 0 Å². The van der Waals surface area contributed by atoms with Gasteiger partial charge < -0.3 is 5.73 Å². The van der Waals surface area contributed by atoms with Gasteiger partial charge in [0, 0.05) is 16.4 Å². The quantitative estimate of drug-likeness (QED) is 0.802. The van der Waals surface area contributed by atoms with Gasteiger partial charge in [-0.05, 0) is 17.0 Å². The molecule has 1 saturated carbocycles. The van der Waals surface area contributed by atoms with Gasteiger partial charge in [-0.1, -0.05) is 48.0 Å². The minimum atomic E-state index is 0.268. The van der Waals surface area contributed by atoms with Crippen LogP contribution in [0.2, 0.25) is 0 Å². The fourth-order valence-electron chi connectivity index (χ4n) is 2.00. The van der Waals surface area contributed by atoms with Gasteiger partial charge in [-0.2, -0.15) is 0 Å². The first-order valence-corrected chi connectivity index (χ1v) is 5.34. The van der Waals surface area contributed by atoms with Crippen molar-refractivity contribution in [1.29, 1.82) is 0 Å². The molecule has 1 fully saturated rings. The molecule has 0 aliphatic heterocycles. The molecule has 1 nitrogen and oxygen atoms in total. The van der Waals surface area contributed by atoms with Crippen molar-refractivity contribution >= 4 is 15.9 Å². The van der Waals surface area contributed by atoms with E-state index in [1.165, 1.54) is 10.0 Å². The molecule has 2 rings (SSSR count). The van der Waals surface area contributed by atoms with Gasteiger partial charge in [0.15, 0.2) is 0 Å². The Kier molecular flexibility index (Phi) is 2.00. The summed E-state index contributed by atoms with van der Waals surface area (Å²) in [5.41, 5.74) is 7.64. The van der Waals surface area contributed by atoms with E-state index in [1.807, 2.05) is 6.07 Å². The molecule has 0 radical (unpaired) electrons. The van der Waals surface area contributed by atoms with E-state index in [4.69, 9.17) is 5.73 Å². The zero-order chi connectivity index (χ0) is 9.64. The first-order chi connectivity index (χ1) is 6.05. The molecule has 1 aromatic rings. The average Bonchev–Trinajstić information content (AvgIpc) is 2.54. The van der Waals surface area contributed by atoms with E-state index in [0.29, 0.717) is 12.0 Å². The lowest BCUT2D eigenvalue weighted by molar-refractivity contribution is 0.598. The van der Waals surface area contributed by atoms with Gasteiger partial charge >= 0.3 is 0 Å². The number of nitrogens with two attached hydrogens (primary N) is 1. The molecule has 0 saturated heterocycles. The summed E-state index contributed by atoms with van der Waals surface area (Å²) < 4.78 is 1.18. The lowest BCUT2D eigenvalue weighted by Gasteiger charge is -2.04. The van der Waals surface area contributed by atoms with Crippen molar-refractivity contribution in [3.05, 3.63) is 34.3 Å². The van der Waals surface area contributed by atoms with E-state index in [1.54, 1.807) is 0 Å². The molecule has 0 heterocycles. The molecule has 2 heteroatoms. The second-order valence-electron chi connectivity index (χ2n) is 4.35. The van der Waals surface area contributed by atoms with Crippen LogP contribution in [0.4, 0.5) is 0 Å². The van der Waals surface area contributed by atoms with Gasteiger partial charge in [0.1, 0.15) is 0 Å². The van der Waals surface area contributed by atoms with E-state index in [2.05, 4.69) is 48.0 Å². The predicted molar refractivity (Wildman–Crippen MR) is 58.6 cm³/mol. The summed E-state index contributed by atoms with van der Waals surface area (Å²) >= 11 is 3.56. The van der Waals surface area contributed by atoms with E-state index in [-0.39, 0.29) is 5.41 Å². The molecule has 1 aromatic carbocycles. The summed E-state index contributed by atoms with van der Waals surface area (Å²) in [7, 11) is 0. The highest BCUT2D eigenvalue weighted by molar-refractivity contribution is 9.10. The van der Waals surface area contributed by atoms with Crippen molar-refractivity contribution in [3.8, 4) is 0 Å². The number of benzene rings is 1. The highest BCUT2D eigenvalue weighted by Crippen LogP contribution is 2.58. The molecule has 13 heavy (non-hydrogen) atoms. The van der Waals surface area contributed by atoms with Gasteiger partial charge in [-0.3, -0.25) is 0 Å². The lowest BCUT2D eigenvalue weighted by atomic mass is 10.0. The summed E-state index contributed by atoms with van der Waals surface area (Å²) in [6, 6.07) is 8.65. The molecule has 0 bridgehead atoms. The Morgan fingerprint density at radius 3 is 2.31 bits per heavy atom. The summed E-state index contributed by atoms with van der Waals surface area (Å²) in [5.74, 6) is 0.517. The normalized spacial score (nSPS) is 30.2. The molecule has 1 aliphatic rings. The smallest absolute Gasteiger partial charge is 0.0210 e. The van der Waals surface area contributed by atoms with Crippen molar-refractivity contribution in [2.24, 2.45) is 11.1 Å². The van der Waals surface area contributed by atoms with Crippen LogP contribution in [0.5, 0.6) is 0 Å². The van der Waals surface area contributed by atoms with Gasteiger partial charge in [-0.25, -0.2) is 0 Å². The minimum absolute atomic E-state index is 0.268. The highest BCUT2D eigenvalue weighted by atomic mass is 79.9. The molecule has 0 amide bonds. The summed E-state index contributed by atoms with van der Waals surface area (Å²) in [6.45, 7) is 4.45. The topological polar surface area (TPSA) is 26.0 Å². The van der Waals surface area contributed by atoms with Crippen molar-refractivity contribution < 1.29 is 0 Å². The molecular weight excluding hydrogens is 226 g/mol. The first-order valence-electron chi connectivity index (χ1n) is 4.55. The predicted octanol–water partition coefficient (Wildman–Crippen LogP) is 2.90. The van der Waals surface area contributed by atoms with Gasteiger partial charge in [0.25, 0.3) is 0 Å². The van der Waals surface area contributed by atoms with Crippen LogP contribution in [0.1, 0.15) is 25.3 Å². The Labute approximate surface area is 87.5 Å². The second kappa shape index (κ2) is 2.82. The standard InChI is InChI=1S/C11H14BrN/c1-11(2)9(10(11)13)7-5-3-4-6-8(7)12/h3-6,9-10H,13H2,1-2H3.